The Morgan fingerprint density at radius 3 is 2.69 bits per heavy atom. The first-order valence-corrected chi connectivity index (χ1v) is 4.34. The maximum absolute atomic E-state index is 12.0. The summed E-state index contributed by atoms with van der Waals surface area (Å²) in [5.74, 6) is -0.532. The van der Waals surface area contributed by atoms with Gasteiger partial charge in [0.05, 0.1) is 5.38 Å². The minimum absolute atomic E-state index is 0.138. The molecule has 1 aromatic heterocycles. The lowest BCUT2D eigenvalue weighted by Crippen LogP contribution is -1.93. The highest BCUT2D eigenvalue weighted by Crippen LogP contribution is 2.25. The van der Waals surface area contributed by atoms with Crippen LogP contribution in [0.15, 0.2) is 4.52 Å². The fourth-order valence-electron chi connectivity index (χ4n) is 0.846. The molecular weight excluding hydrogens is 202 g/mol. The summed E-state index contributed by atoms with van der Waals surface area (Å²) in [4.78, 5) is 3.47. The molecule has 0 fully saturated rings. The van der Waals surface area contributed by atoms with Gasteiger partial charge in [0.2, 0.25) is 0 Å². The van der Waals surface area contributed by atoms with E-state index in [4.69, 9.17) is 11.6 Å². The van der Waals surface area contributed by atoms with Gasteiger partial charge in [-0.3, -0.25) is 0 Å². The van der Waals surface area contributed by atoms with Gasteiger partial charge in [-0.15, -0.1) is 11.6 Å². The van der Waals surface area contributed by atoms with Gasteiger partial charge in [-0.2, -0.15) is 13.8 Å². The quantitative estimate of drug-likeness (QED) is 0.717. The first kappa shape index (κ1) is 10.4. The number of rotatable bonds is 4. The number of alkyl halides is 3. The Bertz CT molecular complexity index is 267. The van der Waals surface area contributed by atoms with Gasteiger partial charge in [0.25, 0.3) is 5.89 Å². The second-order valence-electron chi connectivity index (χ2n) is 2.55. The van der Waals surface area contributed by atoms with Crippen molar-refractivity contribution in [3.8, 4) is 0 Å². The van der Waals surface area contributed by atoms with Crippen LogP contribution in [0.1, 0.15) is 43.3 Å². The third kappa shape index (κ3) is 2.62. The molecule has 0 N–H and O–H groups in total. The summed E-state index contributed by atoms with van der Waals surface area (Å²) < 4.78 is 28.3. The SMILES string of the molecule is CCCC(Cl)c1noc(C(F)F)n1. The third-order valence-electron chi connectivity index (χ3n) is 1.47. The van der Waals surface area contributed by atoms with Gasteiger partial charge in [-0.25, -0.2) is 0 Å². The van der Waals surface area contributed by atoms with Gasteiger partial charge in [0, 0.05) is 0 Å². The van der Waals surface area contributed by atoms with E-state index < -0.39 is 17.7 Å². The first-order chi connectivity index (χ1) is 6.15. The summed E-state index contributed by atoms with van der Waals surface area (Å²) >= 11 is 5.79. The molecule has 1 rings (SSSR count). The molecular formula is C7H9ClF2N2O. The predicted molar refractivity (Wildman–Crippen MR) is 42.8 cm³/mol. The van der Waals surface area contributed by atoms with E-state index in [9.17, 15) is 8.78 Å². The van der Waals surface area contributed by atoms with Gasteiger partial charge < -0.3 is 4.52 Å². The highest BCUT2D eigenvalue weighted by Gasteiger charge is 2.20. The molecule has 0 spiro atoms. The Kier molecular flexibility index (Phi) is 3.59. The maximum Gasteiger partial charge on any atom is 0.315 e. The van der Waals surface area contributed by atoms with Gasteiger partial charge >= 0.3 is 6.43 Å². The second-order valence-corrected chi connectivity index (χ2v) is 3.07. The Balaban J connectivity index is 2.67. The van der Waals surface area contributed by atoms with E-state index in [0.717, 1.165) is 6.42 Å². The molecule has 0 aliphatic rings. The summed E-state index contributed by atoms with van der Waals surface area (Å²) in [7, 11) is 0. The van der Waals surface area contributed by atoms with E-state index in [1.54, 1.807) is 0 Å². The molecule has 0 aromatic carbocycles. The summed E-state index contributed by atoms with van der Waals surface area (Å²) in [5, 5.41) is 2.91. The van der Waals surface area contributed by atoms with Crippen molar-refractivity contribution in [1.29, 1.82) is 0 Å². The minimum Gasteiger partial charge on any atom is -0.333 e. The zero-order valence-electron chi connectivity index (χ0n) is 7.01. The predicted octanol–water partition coefficient (Wildman–Crippen LogP) is 3.09. The monoisotopic (exact) mass is 210 g/mol. The topological polar surface area (TPSA) is 38.9 Å². The molecule has 0 amide bonds. The highest BCUT2D eigenvalue weighted by molar-refractivity contribution is 6.20. The fourth-order valence-corrected chi connectivity index (χ4v) is 1.15. The van der Waals surface area contributed by atoms with Crippen molar-refractivity contribution in [2.45, 2.75) is 31.6 Å². The molecule has 0 aliphatic carbocycles. The van der Waals surface area contributed by atoms with E-state index in [0.29, 0.717) is 6.42 Å². The lowest BCUT2D eigenvalue weighted by Gasteiger charge is -1.99. The van der Waals surface area contributed by atoms with Crippen molar-refractivity contribution in [2.24, 2.45) is 0 Å². The lowest BCUT2D eigenvalue weighted by molar-refractivity contribution is 0.106. The Labute approximate surface area is 79.1 Å². The molecule has 0 bridgehead atoms. The maximum atomic E-state index is 12.0. The zero-order valence-corrected chi connectivity index (χ0v) is 7.76. The van der Waals surface area contributed by atoms with Crippen molar-refractivity contribution >= 4 is 11.6 Å². The largest absolute Gasteiger partial charge is 0.333 e. The number of hydrogen-bond donors (Lipinski definition) is 0. The molecule has 1 atom stereocenters. The van der Waals surface area contributed by atoms with Crippen molar-refractivity contribution in [2.75, 3.05) is 0 Å². The lowest BCUT2D eigenvalue weighted by atomic mass is 10.2. The summed E-state index contributed by atoms with van der Waals surface area (Å²) in [5.41, 5.74) is 0. The third-order valence-corrected chi connectivity index (χ3v) is 1.88. The van der Waals surface area contributed by atoms with Crippen LogP contribution in [-0.4, -0.2) is 10.1 Å². The minimum atomic E-state index is -2.73. The smallest absolute Gasteiger partial charge is 0.315 e. The van der Waals surface area contributed by atoms with E-state index in [1.165, 1.54) is 0 Å². The van der Waals surface area contributed by atoms with Crippen molar-refractivity contribution in [3.05, 3.63) is 11.7 Å². The Hall–Kier alpha value is -0.710. The average molecular weight is 211 g/mol. The molecule has 0 aliphatic heterocycles. The number of halogens is 3. The number of aromatic nitrogens is 2. The van der Waals surface area contributed by atoms with Crippen LogP contribution in [-0.2, 0) is 0 Å². The molecule has 74 valence electrons. The number of nitrogens with zero attached hydrogens (tertiary/aromatic N) is 2. The molecule has 1 aromatic rings. The molecule has 3 nitrogen and oxygen atoms in total. The van der Waals surface area contributed by atoms with Gasteiger partial charge in [-0.05, 0) is 6.42 Å². The van der Waals surface area contributed by atoms with Gasteiger partial charge in [-0.1, -0.05) is 18.5 Å². The Morgan fingerprint density at radius 1 is 1.54 bits per heavy atom. The highest BCUT2D eigenvalue weighted by atomic mass is 35.5. The van der Waals surface area contributed by atoms with Crippen molar-refractivity contribution in [1.82, 2.24) is 10.1 Å². The van der Waals surface area contributed by atoms with Crippen molar-refractivity contribution in [3.63, 3.8) is 0 Å². The summed E-state index contributed by atoms with van der Waals surface area (Å²) in [6, 6.07) is 0. The van der Waals surface area contributed by atoms with Crippen LogP contribution in [0.3, 0.4) is 0 Å². The molecule has 1 heterocycles. The van der Waals surface area contributed by atoms with Crippen LogP contribution in [0, 0.1) is 0 Å². The molecule has 0 saturated heterocycles. The van der Waals surface area contributed by atoms with Crippen LogP contribution in [0.25, 0.3) is 0 Å². The summed E-state index contributed by atoms with van der Waals surface area (Å²) in [6.45, 7) is 1.93. The van der Waals surface area contributed by atoms with Crippen LogP contribution in [0.4, 0.5) is 8.78 Å². The molecule has 0 radical (unpaired) electrons. The van der Waals surface area contributed by atoms with Crippen LogP contribution < -0.4 is 0 Å². The molecule has 1 unspecified atom stereocenters. The average Bonchev–Trinajstić information content (AvgIpc) is 2.52. The van der Waals surface area contributed by atoms with E-state index in [1.807, 2.05) is 6.92 Å². The standard InChI is InChI=1S/C7H9ClF2N2O/c1-2-3-4(8)6-11-7(5(9)10)13-12-6/h4-5H,2-3H2,1H3. The van der Waals surface area contributed by atoms with Gasteiger partial charge in [0.15, 0.2) is 5.82 Å². The van der Waals surface area contributed by atoms with Gasteiger partial charge in [0.1, 0.15) is 0 Å². The van der Waals surface area contributed by atoms with Crippen LogP contribution >= 0.6 is 11.6 Å². The summed E-state index contributed by atoms with van der Waals surface area (Å²) in [6.07, 6.45) is -1.25. The Morgan fingerprint density at radius 2 is 2.23 bits per heavy atom. The fraction of sp³-hybridized carbons (Fsp3) is 0.714. The van der Waals surface area contributed by atoms with Crippen LogP contribution in [0.5, 0.6) is 0 Å². The van der Waals surface area contributed by atoms with E-state index >= 15 is 0 Å². The van der Waals surface area contributed by atoms with E-state index in [-0.39, 0.29) is 5.82 Å². The normalized spacial score (nSPS) is 13.6. The molecule has 0 saturated carbocycles. The van der Waals surface area contributed by atoms with Crippen molar-refractivity contribution < 1.29 is 13.3 Å². The zero-order chi connectivity index (χ0) is 9.84. The van der Waals surface area contributed by atoms with Crippen LogP contribution in [0.2, 0.25) is 0 Å². The second kappa shape index (κ2) is 4.50. The first-order valence-electron chi connectivity index (χ1n) is 3.90. The molecule has 13 heavy (non-hydrogen) atoms. The number of hydrogen-bond acceptors (Lipinski definition) is 3. The van der Waals surface area contributed by atoms with E-state index in [2.05, 4.69) is 14.7 Å². The molecule has 6 heteroatoms.